The molecule has 3 heteroatoms. The van der Waals surface area contributed by atoms with E-state index in [9.17, 15) is 0 Å². The number of hydrogen-bond donors (Lipinski definition) is 1. The van der Waals surface area contributed by atoms with Gasteiger partial charge in [0.15, 0.2) is 5.58 Å². The molecule has 0 aliphatic rings. The molecule has 0 saturated carbocycles. The highest BCUT2D eigenvalue weighted by molar-refractivity contribution is 6.16. The van der Waals surface area contributed by atoms with Crippen LogP contribution in [0.3, 0.4) is 0 Å². The standard InChI is InChI=1S/C28H22N2O/c1-17(2)20-10-6-7-11-21(20)19-12-14-24-23(16-19)22-13-15-25-27(26(22)29-24)30-28(31-25)18-8-4-3-5-9-18/h3-17,29H,1-2H3. The first-order valence-electron chi connectivity index (χ1n) is 10.7. The lowest BCUT2D eigenvalue weighted by Crippen LogP contribution is -1.91. The van der Waals surface area contributed by atoms with Gasteiger partial charge in [0.1, 0.15) is 5.52 Å². The summed E-state index contributed by atoms with van der Waals surface area (Å²) in [6, 6.07) is 29.5. The van der Waals surface area contributed by atoms with Crippen LogP contribution in [-0.4, -0.2) is 9.97 Å². The van der Waals surface area contributed by atoms with Crippen LogP contribution in [-0.2, 0) is 0 Å². The molecular weight excluding hydrogens is 380 g/mol. The molecule has 0 aliphatic heterocycles. The van der Waals surface area contributed by atoms with Gasteiger partial charge in [-0.25, -0.2) is 4.98 Å². The summed E-state index contributed by atoms with van der Waals surface area (Å²) in [4.78, 5) is 8.41. The number of oxazole rings is 1. The van der Waals surface area contributed by atoms with Crippen LogP contribution in [0.5, 0.6) is 0 Å². The van der Waals surface area contributed by atoms with Gasteiger partial charge in [-0.05, 0) is 59.0 Å². The van der Waals surface area contributed by atoms with Crippen molar-refractivity contribution in [2.45, 2.75) is 19.8 Å². The van der Waals surface area contributed by atoms with Crippen LogP contribution in [0, 0.1) is 0 Å². The molecule has 2 heterocycles. The molecule has 4 aromatic carbocycles. The molecule has 0 radical (unpaired) electrons. The molecule has 31 heavy (non-hydrogen) atoms. The monoisotopic (exact) mass is 402 g/mol. The average molecular weight is 402 g/mol. The molecule has 0 saturated heterocycles. The summed E-state index contributed by atoms with van der Waals surface area (Å²) >= 11 is 0. The van der Waals surface area contributed by atoms with E-state index in [0.717, 1.165) is 27.7 Å². The van der Waals surface area contributed by atoms with Crippen molar-refractivity contribution in [2.75, 3.05) is 0 Å². The summed E-state index contributed by atoms with van der Waals surface area (Å²) in [7, 11) is 0. The van der Waals surface area contributed by atoms with E-state index in [1.807, 2.05) is 36.4 Å². The number of benzene rings is 4. The van der Waals surface area contributed by atoms with Gasteiger partial charge in [0.25, 0.3) is 0 Å². The maximum Gasteiger partial charge on any atom is 0.227 e. The van der Waals surface area contributed by atoms with Gasteiger partial charge in [0.2, 0.25) is 5.89 Å². The quantitative estimate of drug-likeness (QED) is 0.327. The topological polar surface area (TPSA) is 41.8 Å². The number of aromatic nitrogens is 2. The number of rotatable bonds is 3. The van der Waals surface area contributed by atoms with Crippen molar-refractivity contribution in [1.29, 1.82) is 0 Å². The van der Waals surface area contributed by atoms with Gasteiger partial charge in [-0.1, -0.05) is 62.4 Å². The Bertz CT molecular complexity index is 1550. The van der Waals surface area contributed by atoms with Crippen LogP contribution < -0.4 is 0 Å². The van der Waals surface area contributed by atoms with Crippen LogP contribution in [0.1, 0.15) is 25.3 Å². The molecule has 3 nitrogen and oxygen atoms in total. The second-order valence-corrected chi connectivity index (χ2v) is 8.35. The van der Waals surface area contributed by atoms with E-state index in [1.54, 1.807) is 0 Å². The SMILES string of the molecule is CC(C)c1ccccc1-c1ccc2[nH]c3c(ccc4oc(-c5ccccc5)nc43)c2c1. The zero-order chi connectivity index (χ0) is 20.9. The summed E-state index contributed by atoms with van der Waals surface area (Å²) < 4.78 is 6.06. The molecule has 1 N–H and O–H groups in total. The van der Waals surface area contributed by atoms with Crippen LogP contribution in [0.25, 0.3) is 55.5 Å². The Kier molecular flexibility index (Phi) is 3.97. The zero-order valence-electron chi connectivity index (χ0n) is 17.5. The van der Waals surface area contributed by atoms with Crippen molar-refractivity contribution in [2.24, 2.45) is 0 Å². The van der Waals surface area contributed by atoms with Crippen LogP contribution in [0.4, 0.5) is 0 Å². The second-order valence-electron chi connectivity index (χ2n) is 8.35. The third kappa shape index (κ3) is 2.85. The number of nitrogens with zero attached hydrogens (tertiary/aromatic N) is 1. The van der Waals surface area contributed by atoms with Crippen LogP contribution in [0.15, 0.2) is 89.3 Å². The van der Waals surface area contributed by atoms with Crippen molar-refractivity contribution in [3.8, 4) is 22.6 Å². The normalized spacial score (nSPS) is 11.8. The van der Waals surface area contributed by atoms with E-state index in [1.165, 1.54) is 27.5 Å². The molecule has 0 bridgehead atoms. The number of aromatic amines is 1. The molecule has 0 fully saturated rings. The minimum atomic E-state index is 0.473. The maximum absolute atomic E-state index is 6.06. The van der Waals surface area contributed by atoms with Crippen LogP contribution >= 0.6 is 0 Å². The van der Waals surface area contributed by atoms with E-state index in [0.29, 0.717) is 11.8 Å². The van der Waals surface area contributed by atoms with Gasteiger partial charge in [-0.15, -0.1) is 0 Å². The summed E-state index contributed by atoms with van der Waals surface area (Å²) in [6.45, 7) is 4.49. The molecule has 0 unspecified atom stereocenters. The molecule has 0 spiro atoms. The molecule has 150 valence electrons. The van der Waals surface area contributed by atoms with Crippen molar-refractivity contribution < 1.29 is 4.42 Å². The van der Waals surface area contributed by atoms with Gasteiger partial charge in [0, 0.05) is 21.9 Å². The molecule has 6 aromatic rings. The molecule has 0 amide bonds. The highest BCUT2D eigenvalue weighted by atomic mass is 16.3. The Morgan fingerprint density at radius 3 is 2.42 bits per heavy atom. The summed E-state index contributed by atoms with van der Waals surface area (Å²) in [5.74, 6) is 1.12. The van der Waals surface area contributed by atoms with E-state index in [4.69, 9.17) is 9.40 Å². The average Bonchev–Trinajstić information content (AvgIpc) is 3.40. The Balaban J connectivity index is 1.56. The first kappa shape index (κ1) is 18.0. The lowest BCUT2D eigenvalue weighted by atomic mass is 9.92. The van der Waals surface area contributed by atoms with Gasteiger partial charge in [0.05, 0.1) is 5.52 Å². The van der Waals surface area contributed by atoms with Crippen molar-refractivity contribution >= 4 is 32.9 Å². The Morgan fingerprint density at radius 2 is 1.58 bits per heavy atom. The molecule has 0 atom stereocenters. The third-order valence-corrected chi connectivity index (χ3v) is 6.04. The van der Waals surface area contributed by atoms with Crippen LogP contribution in [0.2, 0.25) is 0 Å². The van der Waals surface area contributed by atoms with E-state index < -0.39 is 0 Å². The smallest absolute Gasteiger partial charge is 0.227 e. The first-order chi connectivity index (χ1) is 15.2. The first-order valence-corrected chi connectivity index (χ1v) is 10.7. The number of hydrogen-bond acceptors (Lipinski definition) is 2. The predicted molar refractivity (Wildman–Crippen MR) is 128 cm³/mol. The minimum Gasteiger partial charge on any atom is -0.436 e. The molecule has 2 aromatic heterocycles. The van der Waals surface area contributed by atoms with Gasteiger partial charge in [-0.3, -0.25) is 0 Å². The van der Waals surface area contributed by atoms with Gasteiger partial charge >= 0.3 is 0 Å². The van der Waals surface area contributed by atoms with E-state index >= 15 is 0 Å². The fourth-order valence-corrected chi connectivity index (χ4v) is 4.49. The minimum absolute atomic E-state index is 0.473. The Hall–Kier alpha value is -3.85. The fourth-order valence-electron chi connectivity index (χ4n) is 4.49. The van der Waals surface area contributed by atoms with Crippen molar-refractivity contribution in [1.82, 2.24) is 9.97 Å². The van der Waals surface area contributed by atoms with Crippen molar-refractivity contribution in [3.05, 3.63) is 90.5 Å². The predicted octanol–water partition coefficient (Wildman–Crippen LogP) is 7.92. The third-order valence-electron chi connectivity index (χ3n) is 6.04. The lowest BCUT2D eigenvalue weighted by Gasteiger charge is -2.13. The zero-order valence-corrected chi connectivity index (χ0v) is 17.5. The second kappa shape index (κ2) is 6.85. The van der Waals surface area contributed by atoms with Gasteiger partial charge < -0.3 is 9.40 Å². The number of nitrogens with one attached hydrogen (secondary N) is 1. The number of H-pyrrole nitrogens is 1. The molecule has 6 rings (SSSR count). The highest BCUT2D eigenvalue weighted by Gasteiger charge is 2.15. The maximum atomic E-state index is 6.06. The summed E-state index contributed by atoms with van der Waals surface area (Å²) in [5.41, 5.74) is 8.68. The molecular formula is C28H22N2O. The van der Waals surface area contributed by atoms with Gasteiger partial charge in [-0.2, -0.15) is 0 Å². The lowest BCUT2D eigenvalue weighted by molar-refractivity contribution is 0.620. The Morgan fingerprint density at radius 1 is 0.774 bits per heavy atom. The summed E-state index contributed by atoms with van der Waals surface area (Å²) in [5, 5.41) is 2.37. The Labute approximate surface area is 180 Å². The highest BCUT2D eigenvalue weighted by Crippen LogP contribution is 2.36. The van der Waals surface area contributed by atoms with E-state index in [-0.39, 0.29) is 0 Å². The fraction of sp³-hybridized carbons (Fsp3) is 0.107. The number of fused-ring (bicyclic) bond motifs is 5. The van der Waals surface area contributed by atoms with E-state index in [2.05, 4.69) is 67.4 Å². The largest absolute Gasteiger partial charge is 0.436 e. The molecule has 0 aliphatic carbocycles. The summed E-state index contributed by atoms with van der Waals surface area (Å²) in [6.07, 6.45) is 0. The van der Waals surface area contributed by atoms with Crippen molar-refractivity contribution in [3.63, 3.8) is 0 Å².